The second kappa shape index (κ2) is 7.17. The highest BCUT2D eigenvalue weighted by Crippen LogP contribution is 2.18. The molecule has 0 saturated heterocycles. The Labute approximate surface area is 140 Å². The van der Waals surface area contributed by atoms with E-state index in [-0.39, 0.29) is 11.9 Å². The Balaban J connectivity index is 1.64. The van der Waals surface area contributed by atoms with Crippen LogP contribution in [0.15, 0.2) is 18.2 Å². The molecule has 1 aromatic carbocycles. The van der Waals surface area contributed by atoms with Crippen LogP contribution in [-0.2, 0) is 4.79 Å². The Morgan fingerprint density at radius 2 is 2.09 bits per heavy atom. The molecule has 1 fully saturated rings. The summed E-state index contributed by atoms with van der Waals surface area (Å²) in [5.41, 5.74) is 1.32. The van der Waals surface area contributed by atoms with E-state index in [0.29, 0.717) is 16.1 Å². The first kappa shape index (κ1) is 16.1. The molecular formula is C16H21ClN4O2. The quantitative estimate of drug-likeness (QED) is 0.872. The van der Waals surface area contributed by atoms with Crippen LogP contribution in [0.25, 0.3) is 11.0 Å². The monoisotopic (exact) mass is 336 g/mol. The van der Waals surface area contributed by atoms with Gasteiger partial charge in [0.15, 0.2) is 0 Å². The lowest BCUT2D eigenvalue weighted by Crippen LogP contribution is -2.44. The van der Waals surface area contributed by atoms with Crippen molar-refractivity contribution in [2.75, 3.05) is 0 Å². The van der Waals surface area contributed by atoms with Crippen LogP contribution < -0.4 is 10.2 Å². The Bertz CT molecular complexity index is 680. The van der Waals surface area contributed by atoms with Crippen molar-refractivity contribution in [1.29, 1.82) is 0 Å². The molecule has 1 unspecified atom stereocenters. The third-order valence-electron chi connectivity index (χ3n) is 4.21. The van der Waals surface area contributed by atoms with E-state index in [1.54, 1.807) is 25.1 Å². The molecule has 23 heavy (non-hydrogen) atoms. The lowest BCUT2D eigenvalue weighted by atomic mass is 10.1. The molecule has 0 aliphatic heterocycles. The number of aromatic nitrogens is 3. The molecule has 0 spiro atoms. The van der Waals surface area contributed by atoms with E-state index < -0.39 is 6.10 Å². The zero-order chi connectivity index (χ0) is 16.2. The van der Waals surface area contributed by atoms with E-state index >= 15 is 0 Å². The smallest absolute Gasteiger partial charge is 0.263 e. The van der Waals surface area contributed by atoms with E-state index in [0.717, 1.165) is 12.8 Å². The molecule has 1 saturated carbocycles. The number of rotatable bonds is 4. The average molecular weight is 337 g/mol. The molecular weight excluding hydrogens is 316 g/mol. The minimum Gasteiger partial charge on any atom is -0.382 e. The highest BCUT2D eigenvalue weighted by atomic mass is 35.5. The highest BCUT2D eigenvalue weighted by molar-refractivity contribution is 6.31. The van der Waals surface area contributed by atoms with Crippen molar-refractivity contribution in [3.63, 3.8) is 0 Å². The van der Waals surface area contributed by atoms with Crippen molar-refractivity contribution >= 4 is 28.5 Å². The zero-order valence-electron chi connectivity index (χ0n) is 13.2. The lowest BCUT2D eigenvalue weighted by molar-refractivity contribution is -0.133. The van der Waals surface area contributed by atoms with Gasteiger partial charge in [0.25, 0.3) is 5.91 Å². The number of benzene rings is 1. The minimum absolute atomic E-state index is 0.123. The van der Waals surface area contributed by atoms with Crippen molar-refractivity contribution in [2.24, 2.45) is 0 Å². The molecule has 1 heterocycles. The molecule has 0 bridgehead atoms. The van der Waals surface area contributed by atoms with Gasteiger partial charge in [-0.25, -0.2) is 0 Å². The van der Waals surface area contributed by atoms with Gasteiger partial charge in [-0.05, 0) is 43.2 Å². The number of hydrogen-bond acceptors (Lipinski definition) is 4. The van der Waals surface area contributed by atoms with Gasteiger partial charge in [-0.2, -0.15) is 0 Å². The summed E-state index contributed by atoms with van der Waals surface area (Å²) in [4.78, 5) is 19.2. The number of hydrogen-bond donors (Lipinski definition) is 1. The van der Waals surface area contributed by atoms with E-state index in [4.69, 9.17) is 16.4 Å². The maximum Gasteiger partial charge on any atom is 0.263 e. The van der Waals surface area contributed by atoms with Crippen molar-refractivity contribution in [1.82, 2.24) is 20.5 Å². The van der Waals surface area contributed by atoms with Gasteiger partial charge in [0.05, 0.1) is 0 Å². The van der Waals surface area contributed by atoms with Crippen LogP contribution in [-0.4, -0.2) is 33.2 Å². The second-order valence-electron chi connectivity index (χ2n) is 6.04. The molecule has 1 aliphatic rings. The van der Waals surface area contributed by atoms with E-state index in [2.05, 4.69) is 15.6 Å². The molecule has 2 aromatic rings. The standard InChI is InChI=1S/C16H21ClN4O2/c1-11(16(22)18-13-6-4-2-3-5-7-13)23-21-15-10-12(17)8-9-14(15)19-20-21/h8-11,13H,2-7H2,1H3,(H,18,22). The van der Waals surface area contributed by atoms with Crippen molar-refractivity contribution in [2.45, 2.75) is 57.6 Å². The first-order valence-electron chi connectivity index (χ1n) is 8.12. The number of nitrogens with zero attached hydrogens (tertiary/aromatic N) is 3. The third kappa shape index (κ3) is 3.93. The second-order valence-corrected chi connectivity index (χ2v) is 6.48. The maximum absolute atomic E-state index is 12.3. The third-order valence-corrected chi connectivity index (χ3v) is 4.44. The largest absolute Gasteiger partial charge is 0.382 e. The van der Waals surface area contributed by atoms with Crippen molar-refractivity contribution in [3.05, 3.63) is 23.2 Å². The summed E-state index contributed by atoms with van der Waals surface area (Å²) in [5.74, 6) is -0.123. The number of halogens is 1. The van der Waals surface area contributed by atoms with Crippen LogP contribution in [0, 0.1) is 0 Å². The molecule has 1 N–H and O–H groups in total. The Kier molecular flexibility index (Phi) is 5.00. The topological polar surface area (TPSA) is 69.0 Å². The fourth-order valence-electron chi connectivity index (χ4n) is 2.89. The first-order chi connectivity index (χ1) is 11.1. The van der Waals surface area contributed by atoms with Crippen LogP contribution in [0.1, 0.15) is 45.4 Å². The van der Waals surface area contributed by atoms with E-state index in [1.807, 2.05) is 0 Å². The van der Waals surface area contributed by atoms with Gasteiger partial charge in [0, 0.05) is 11.1 Å². The fourth-order valence-corrected chi connectivity index (χ4v) is 3.06. The van der Waals surface area contributed by atoms with Crippen LogP contribution >= 0.6 is 11.6 Å². The van der Waals surface area contributed by atoms with Gasteiger partial charge in [-0.1, -0.05) is 42.1 Å². The Morgan fingerprint density at radius 1 is 1.35 bits per heavy atom. The summed E-state index contributed by atoms with van der Waals surface area (Å²) in [6, 6.07) is 5.47. The molecule has 6 nitrogen and oxygen atoms in total. The molecule has 1 amide bonds. The lowest BCUT2D eigenvalue weighted by Gasteiger charge is -2.19. The number of fused-ring (bicyclic) bond motifs is 1. The van der Waals surface area contributed by atoms with Crippen LogP contribution in [0.4, 0.5) is 0 Å². The average Bonchev–Trinajstić information content (AvgIpc) is 2.75. The number of nitrogens with one attached hydrogen (secondary N) is 1. The first-order valence-corrected chi connectivity index (χ1v) is 8.50. The summed E-state index contributed by atoms with van der Waals surface area (Å²) in [6.45, 7) is 1.71. The van der Waals surface area contributed by atoms with Gasteiger partial charge >= 0.3 is 0 Å². The SMILES string of the molecule is CC(On1nnc2ccc(Cl)cc21)C(=O)NC1CCCCCC1. The predicted molar refractivity (Wildman–Crippen MR) is 88.2 cm³/mol. The van der Waals surface area contributed by atoms with Gasteiger partial charge in [0.1, 0.15) is 11.0 Å². The normalized spacial score (nSPS) is 17.7. The summed E-state index contributed by atoms with van der Waals surface area (Å²) in [6.07, 6.45) is 6.29. The fraction of sp³-hybridized carbons (Fsp3) is 0.562. The summed E-state index contributed by atoms with van der Waals surface area (Å²) in [5, 5.41) is 11.6. The maximum atomic E-state index is 12.3. The number of amides is 1. The molecule has 0 radical (unpaired) electrons. The minimum atomic E-state index is -0.651. The van der Waals surface area contributed by atoms with Gasteiger partial charge in [-0.15, -0.1) is 5.10 Å². The molecule has 1 aromatic heterocycles. The van der Waals surface area contributed by atoms with Crippen LogP contribution in [0.5, 0.6) is 0 Å². The number of carbonyl (C=O) groups is 1. The molecule has 7 heteroatoms. The van der Waals surface area contributed by atoms with E-state index in [1.165, 1.54) is 30.5 Å². The zero-order valence-corrected chi connectivity index (χ0v) is 13.9. The van der Waals surface area contributed by atoms with Crippen LogP contribution in [0.2, 0.25) is 5.02 Å². The van der Waals surface area contributed by atoms with Gasteiger partial charge < -0.3 is 10.2 Å². The molecule has 124 valence electrons. The summed E-state index contributed by atoms with van der Waals surface area (Å²) in [7, 11) is 0. The van der Waals surface area contributed by atoms with Crippen molar-refractivity contribution in [3.8, 4) is 0 Å². The molecule has 1 atom stereocenters. The summed E-state index contributed by atoms with van der Waals surface area (Å²) < 4.78 is 0. The van der Waals surface area contributed by atoms with E-state index in [9.17, 15) is 4.79 Å². The molecule has 3 rings (SSSR count). The predicted octanol–water partition coefficient (Wildman–Crippen LogP) is 2.74. The number of carbonyl (C=O) groups excluding carboxylic acids is 1. The Hall–Kier alpha value is -1.82. The van der Waals surface area contributed by atoms with Gasteiger partial charge in [0.2, 0.25) is 6.10 Å². The Morgan fingerprint density at radius 3 is 2.83 bits per heavy atom. The highest BCUT2D eigenvalue weighted by Gasteiger charge is 2.21. The van der Waals surface area contributed by atoms with Crippen LogP contribution in [0.3, 0.4) is 0 Å². The molecule has 1 aliphatic carbocycles. The van der Waals surface area contributed by atoms with Crippen molar-refractivity contribution < 1.29 is 9.63 Å². The summed E-state index contributed by atoms with van der Waals surface area (Å²) >= 11 is 5.99. The van der Waals surface area contributed by atoms with Gasteiger partial charge in [-0.3, -0.25) is 4.79 Å².